The van der Waals surface area contributed by atoms with Crippen molar-refractivity contribution in [2.45, 2.75) is 26.3 Å². The third kappa shape index (κ3) is 5.42. The molecule has 0 unspecified atom stereocenters. The van der Waals surface area contributed by atoms with Crippen molar-refractivity contribution in [3.05, 3.63) is 23.8 Å². The summed E-state index contributed by atoms with van der Waals surface area (Å²) in [4.78, 5) is 19.7. The van der Waals surface area contributed by atoms with Crippen LogP contribution in [0.15, 0.2) is 12.3 Å². The van der Waals surface area contributed by atoms with E-state index in [-0.39, 0.29) is 18.3 Å². The van der Waals surface area contributed by atoms with E-state index in [1.165, 1.54) is 12.8 Å². The van der Waals surface area contributed by atoms with Gasteiger partial charge in [-0.05, 0) is 38.3 Å². The number of aromatic nitrogens is 2. The van der Waals surface area contributed by atoms with Crippen molar-refractivity contribution in [3.63, 3.8) is 0 Å². The zero-order valence-electron chi connectivity index (χ0n) is 10.5. The molecule has 1 aliphatic rings. The molecule has 5 nitrogen and oxygen atoms in total. The van der Waals surface area contributed by atoms with Gasteiger partial charge in [0.05, 0.1) is 18.8 Å². The van der Waals surface area contributed by atoms with Crippen molar-refractivity contribution in [1.29, 1.82) is 0 Å². The molecule has 18 heavy (non-hydrogen) atoms. The molecule has 2 rings (SSSR count). The van der Waals surface area contributed by atoms with Crippen LogP contribution in [0.5, 0.6) is 0 Å². The normalized spacial score (nSPS) is 13.8. The fourth-order valence-electron chi connectivity index (χ4n) is 1.57. The fraction of sp³-hybridized carbons (Fsp3) is 0.583. The third-order valence-electron chi connectivity index (χ3n) is 2.72. The van der Waals surface area contributed by atoms with Crippen LogP contribution < -0.4 is 10.6 Å². The van der Waals surface area contributed by atoms with Gasteiger partial charge in [-0.25, -0.2) is 9.97 Å². The zero-order chi connectivity index (χ0) is 12.1. The highest BCUT2D eigenvalue weighted by Crippen LogP contribution is 2.27. The molecule has 1 saturated carbocycles. The molecule has 0 atom stereocenters. The van der Waals surface area contributed by atoms with Gasteiger partial charge in [-0.1, -0.05) is 0 Å². The van der Waals surface area contributed by atoms with E-state index in [0.717, 1.165) is 24.0 Å². The first-order valence-electron chi connectivity index (χ1n) is 6.00. The van der Waals surface area contributed by atoms with Gasteiger partial charge >= 0.3 is 0 Å². The van der Waals surface area contributed by atoms with Crippen LogP contribution in [-0.4, -0.2) is 29.0 Å². The second-order valence-electron chi connectivity index (χ2n) is 4.45. The molecule has 1 aromatic rings. The van der Waals surface area contributed by atoms with Gasteiger partial charge in [-0.3, -0.25) is 4.79 Å². The molecular formula is C12H19ClN4O. The number of hydrogen-bond acceptors (Lipinski definition) is 4. The molecule has 1 heterocycles. The summed E-state index contributed by atoms with van der Waals surface area (Å²) in [5.41, 5.74) is 0.841. The maximum Gasteiger partial charge on any atom is 0.234 e. The van der Waals surface area contributed by atoms with Gasteiger partial charge in [0.1, 0.15) is 5.82 Å². The van der Waals surface area contributed by atoms with Crippen molar-refractivity contribution in [2.24, 2.45) is 5.92 Å². The summed E-state index contributed by atoms with van der Waals surface area (Å²) in [6.07, 6.45) is 4.30. The number of amides is 1. The van der Waals surface area contributed by atoms with Crippen LogP contribution in [0.3, 0.4) is 0 Å². The molecule has 0 spiro atoms. The summed E-state index contributed by atoms with van der Waals surface area (Å²) in [6.45, 7) is 3.65. The van der Waals surface area contributed by atoms with Crippen LogP contribution in [0.4, 0.5) is 0 Å². The first-order valence-corrected chi connectivity index (χ1v) is 6.00. The molecular weight excluding hydrogens is 252 g/mol. The molecule has 1 aliphatic carbocycles. The molecule has 1 fully saturated rings. The highest BCUT2D eigenvalue weighted by Gasteiger charge is 2.20. The molecule has 0 saturated heterocycles. The first kappa shape index (κ1) is 14.9. The van der Waals surface area contributed by atoms with Crippen LogP contribution in [0.2, 0.25) is 0 Å². The molecule has 0 aromatic carbocycles. The van der Waals surface area contributed by atoms with E-state index in [9.17, 15) is 4.79 Å². The standard InChI is InChI=1S/C12H18N4O.ClH/c1-9-14-5-4-11(16-9)7-15-12(17)8-13-6-10-2-3-10;/h4-5,10,13H,2-3,6-8H2,1H3,(H,15,17);1H. The van der Waals surface area contributed by atoms with Gasteiger partial charge in [-0.15, -0.1) is 12.4 Å². The topological polar surface area (TPSA) is 66.9 Å². The Kier molecular flexibility index (Phi) is 6.01. The second-order valence-corrected chi connectivity index (χ2v) is 4.45. The largest absolute Gasteiger partial charge is 0.349 e. The highest BCUT2D eigenvalue weighted by atomic mass is 35.5. The minimum absolute atomic E-state index is 0. The Morgan fingerprint density at radius 1 is 1.50 bits per heavy atom. The van der Waals surface area contributed by atoms with Crippen LogP contribution in [-0.2, 0) is 11.3 Å². The van der Waals surface area contributed by atoms with E-state index in [1.807, 2.05) is 13.0 Å². The number of rotatable bonds is 6. The smallest absolute Gasteiger partial charge is 0.234 e. The Labute approximate surface area is 113 Å². The van der Waals surface area contributed by atoms with Crippen molar-refractivity contribution < 1.29 is 4.79 Å². The summed E-state index contributed by atoms with van der Waals surface area (Å²) >= 11 is 0. The number of nitrogens with one attached hydrogen (secondary N) is 2. The molecule has 0 aliphatic heterocycles. The summed E-state index contributed by atoms with van der Waals surface area (Å²) < 4.78 is 0. The third-order valence-corrected chi connectivity index (χ3v) is 2.72. The molecule has 1 amide bonds. The van der Waals surface area contributed by atoms with E-state index in [0.29, 0.717) is 13.1 Å². The van der Waals surface area contributed by atoms with E-state index < -0.39 is 0 Å². The van der Waals surface area contributed by atoms with Gasteiger partial charge in [0.15, 0.2) is 0 Å². The average molecular weight is 271 g/mol. The Morgan fingerprint density at radius 2 is 2.28 bits per heavy atom. The lowest BCUT2D eigenvalue weighted by Gasteiger charge is -2.06. The Hall–Kier alpha value is -1.20. The van der Waals surface area contributed by atoms with Crippen LogP contribution >= 0.6 is 12.4 Å². The van der Waals surface area contributed by atoms with E-state index in [2.05, 4.69) is 20.6 Å². The maximum atomic E-state index is 11.5. The second kappa shape index (κ2) is 7.28. The molecule has 100 valence electrons. The van der Waals surface area contributed by atoms with Crippen LogP contribution in [0, 0.1) is 12.8 Å². The number of aryl methyl sites for hydroxylation is 1. The summed E-state index contributed by atoms with van der Waals surface area (Å²) in [5.74, 6) is 1.54. The number of carbonyl (C=O) groups is 1. The number of carbonyl (C=O) groups excluding carboxylic acids is 1. The summed E-state index contributed by atoms with van der Waals surface area (Å²) in [6, 6.07) is 1.81. The fourth-order valence-corrected chi connectivity index (χ4v) is 1.57. The monoisotopic (exact) mass is 270 g/mol. The van der Waals surface area contributed by atoms with Gasteiger partial charge in [0.25, 0.3) is 0 Å². The van der Waals surface area contributed by atoms with E-state index in [1.54, 1.807) is 6.20 Å². The van der Waals surface area contributed by atoms with Crippen molar-refractivity contribution in [2.75, 3.05) is 13.1 Å². The van der Waals surface area contributed by atoms with Gasteiger partial charge in [0, 0.05) is 6.20 Å². The SMILES string of the molecule is Cc1nccc(CNC(=O)CNCC2CC2)n1.Cl. The maximum absolute atomic E-state index is 11.5. The Bertz CT molecular complexity index is 395. The Morgan fingerprint density at radius 3 is 2.94 bits per heavy atom. The lowest BCUT2D eigenvalue weighted by Crippen LogP contribution is -2.34. The first-order chi connectivity index (χ1) is 8.24. The van der Waals surface area contributed by atoms with E-state index in [4.69, 9.17) is 0 Å². The lowest BCUT2D eigenvalue weighted by molar-refractivity contribution is -0.120. The minimum Gasteiger partial charge on any atom is -0.349 e. The predicted octanol–water partition coefficient (Wildman–Crippen LogP) is 0.823. The Balaban J connectivity index is 0.00000162. The highest BCUT2D eigenvalue weighted by molar-refractivity contribution is 5.85. The van der Waals surface area contributed by atoms with E-state index >= 15 is 0 Å². The molecule has 0 radical (unpaired) electrons. The van der Waals surface area contributed by atoms with Crippen LogP contribution in [0.1, 0.15) is 24.4 Å². The number of nitrogens with zero attached hydrogens (tertiary/aromatic N) is 2. The van der Waals surface area contributed by atoms with Crippen LogP contribution in [0.25, 0.3) is 0 Å². The number of halogens is 1. The molecule has 0 bridgehead atoms. The summed E-state index contributed by atoms with van der Waals surface area (Å²) in [7, 11) is 0. The number of hydrogen-bond donors (Lipinski definition) is 2. The zero-order valence-corrected chi connectivity index (χ0v) is 11.3. The van der Waals surface area contributed by atoms with Crippen molar-refractivity contribution in [3.8, 4) is 0 Å². The predicted molar refractivity (Wildman–Crippen MR) is 71.5 cm³/mol. The minimum atomic E-state index is 0. The average Bonchev–Trinajstić information content (AvgIpc) is 3.11. The van der Waals surface area contributed by atoms with Crippen molar-refractivity contribution in [1.82, 2.24) is 20.6 Å². The van der Waals surface area contributed by atoms with Gasteiger partial charge in [0.2, 0.25) is 5.91 Å². The molecule has 2 N–H and O–H groups in total. The van der Waals surface area contributed by atoms with Gasteiger partial charge in [-0.2, -0.15) is 0 Å². The van der Waals surface area contributed by atoms with Gasteiger partial charge < -0.3 is 10.6 Å². The molecule has 1 aromatic heterocycles. The lowest BCUT2D eigenvalue weighted by atomic mass is 10.4. The molecule has 6 heteroatoms. The quantitative estimate of drug-likeness (QED) is 0.803. The van der Waals surface area contributed by atoms with Crippen molar-refractivity contribution >= 4 is 18.3 Å². The summed E-state index contributed by atoms with van der Waals surface area (Å²) in [5, 5.41) is 5.98.